The van der Waals surface area contributed by atoms with Gasteiger partial charge < -0.3 is 19.3 Å². The number of nitrogens with zero attached hydrogens (tertiary/aromatic N) is 2. The largest absolute Gasteiger partial charge is 0.493 e. The Bertz CT molecular complexity index is 1050. The SMILES string of the molecule is COc1ccc(CN/N=C/c2ccc(-c3ccc([N+](=O)[O-])cc3Br)o2)cc1OC. The highest BCUT2D eigenvalue weighted by molar-refractivity contribution is 9.10. The quantitative estimate of drug-likeness (QED) is 0.296. The van der Waals surface area contributed by atoms with E-state index in [1.165, 1.54) is 12.1 Å². The molecule has 2 aromatic carbocycles. The molecule has 1 heterocycles. The van der Waals surface area contributed by atoms with Crippen LogP contribution in [0.15, 0.2) is 62.5 Å². The Labute approximate surface area is 175 Å². The average Bonchev–Trinajstić information content (AvgIpc) is 3.19. The van der Waals surface area contributed by atoms with Gasteiger partial charge in [0.1, 0.15) is 11.5 Å². The Kier molecular flexibility index (Phi) is 6.50. The molecule has 1 aromatic heterocycles. The number of nitro benzene ring substituents is 1. The molecule has 8 nitrogen and oxygen atoms in total. The van der Waals surface area contributed by atoms with Crippen molar-refractivity contribution in [3.8, 4) is 22.8 Å². The summed E-state index contributed by atoms with van der Waals surface area (Å²) in [6, 6.07) is 13.7. The van der Waals surface area contributed by atoms with Crippen molar-refractivity contribution in [3.63, 3.8) is 0 Å². The number of hydrazone groups is 1. The Hall–Kier alpha value is -3.33. The first kappa shape index (κ1) is 20.4. The van der Waals surface area contributed by atoms with Crippen molar-refractivity contribution < 1.29 is 18.8 Å². The number of methoxy groups -OCH3 is 2. The number of nitrogens with one attached hydrogen (secondary N) is 1. The van der Waals surface area contributed by atoms with Crippen LogP contribution in [0.5, 0.6) is 11.5 Å². The molecule has 0 unspecified atom stereocenters. The first-order valence-corrected chi connectivity index (χ1v) is 9.32. The standard InChI is InChI=1S/C20H18BrN3O5/c1-27-19-7-3-13(9-20(19)28-2)11-22-23-12-15-5-8-18(29-15)16-6-4-14(24(25)26)10-17(16)21/h3-10,12,22H,11H2,1-2H3/b23-12+. The molecule has 9 heteroatoms. The summed E-state index contributed by atoms with van der Waals surface area (Å²) in [7, 11) is 3.18. The molecule has 1 N–H and O–H groups in total. The van der Waals surface area contributed by atoms with Gasteiger partial charge in [0.2, 0.25) is 0 Å². The van der Waals surface area contributed by atoms with Crippen LogP contribution in [0.2, 0.25) is 0 Å². The van der Waals surface area contributed by atoms with Gasteiger partial charge in [-0.25, -0.2) is 0 Å². The summed E-state index contributed by atoms with van der Waals surface area (Å²) in [6.07, 6.45) is 1.56. The maximum Gasteiger partial charge on any atom is 0.270 e. The van der Waals surface area contributed by atoms with Gasteiger partial charge in [-0.2, -0.15) is 5.10 Å². The van der Waals surface area contributed by atoms with Crippen LogP contribution in [0.1, 0.15) is 11.3 Å². The van der Waals surface area contributed by atoms with E-state index in [1.807, 2.05) is 18.2 Å². The van der Waals surface area contributed by atoms with Crippen LogP contribution < -0.4 is 14.9 Å². The maximum atomic E-state index is 10.8. The molecule has 0 aliphatic carbocycles. The van der Waals surface area contributed by atoms with Gasteiger partial charge in [0.25, 0.3) is 5.69 Å². The maximum absolute atomic E-state index is 10.8. The van der Waals surface area contributed by atoms with Crippen molar-refractivity contribution in [1.29, 1.82) is 0 Å². The molecule has 0 spiro atoms. The number of furan rings is 1. The van der Waals surface area contributed by atoms with Crippen molar-refractivity contribution in [2.24, 2.45) is 5.10 Å². The molecule has 0 radical (unpaired) electrons. The van der Waals surface area contributed by atoms with Gasteiger partial charge in [-0.05, 0) is 51.8 Å². The monoisotopic (exact) mass is 459 g/mol. The van der Waals surface area contributed by atoms with E-state index >= 15 is 0 Å². The van der Waals surface area contributed by atoms with Gasteiger partial charge in [-0.1, -0.05) is 6.07 Å². The van der Waals surface area contributed by atoms with Gasteiger partial charge in [0.15, 0.2) is 11.5 Å². The highest BCUT2D eigenvalue weighted by Crippen LogP contribution is 2.32. The number of benzene rings is 2. The third-order valence-corrected chi connectivity index (χ3v) is 4.73. The number of hydrogen-bond acceptors (Lipinski definition) is 7. The summed E-state index contributed by atoms with van der Waals surface area (Å²) < 4.78 is 16.8. The summed E-state index contributed by atoms with van der Waals surface area (Å²) in [5, 5.41) is 15.0. The molecule has 150 valence electrons. The lowest BCUT2D eigenvalue weighted by molar-refractivity contribution is -0.384. The second-order valence-electron chi connectivity index (χ2n) is 5.91. The van der Waals surface area contributed by atoms with Gasteiger partial charge in [0.05, 0.1) is 31.9 Å². The number of ether oxygens (including phenoxy) is 2. The lowest BCUT2D eigenvalue weighted by Gasteiger charge is -2.09. The fraction of sp³-hybridized carbons (Fsp3) is 0.150. The zero-order chi connectivity index (χ0) is 20.8. The van der Waals surface area contributed by atoms with E-state index < -0.39 is 4.92 Å². The number of halogens is 1. The van der Waals surface area contributed by atoms with Gasteiger partial charge in [-0.3, -0.25) is 10.1 Å². The van der Waals surface area contributed by atoms with Crippen molar-refractivity contribution >= 4 is 27.8 Å². The summed E-state index contributed by atoms with van der Waals surface area (Å²) in [5.41, 5.74) is 4.65. The first-order chi connectivity index (χ1) is 14.0. The highest BCUT2D eigenvalue weighted by atomic mass is 79.9. The third kappa shape index (κ3) is 4.94. The van der Waals surface area contributed by atoms with Crippen molar-refractivity contribution in [2.75, 3.05) is 14.2 Å². The predicted octanol–water partition coefficient (Wildman–Crippen LogP) is 4.76. The zero-order valence-corrected chi connectivity index (χ0v) is 17.3. The molecule has 0 fully saturated rings. The lowest BCUT2D eigenvalue weighted by Crippen LogP contribution is -2.05. The molecule has 0 atom stereocenters. The molecule has 29 heavy (non-hydrogen) atoms. The van der Waals surface area contributed by atoms with E-state index in [1.54, 1.807) is 38.6 Å². The molecule has 3 aromatic rings. The smallest absolute Gasteiger partial charge is 0.270 e. The van der Waals surface area contributed by atoms with Crippen LogP contribution in [0.4, 0.5) is 5.69 Å². The minimum Gasteiger partial charge on any atom is -0.493 e. The molecule has 0 saturated carbocycles. The number of nitro groups is 1. The van der Waals surface area contributed by atoms with Gasteiger partial charge >= 0.3 is 0 Å². The third-order valence-electron chi connectivity index (χ3n) is 4.07. The predicted molar refractivity (Wildman–Crippen MR) is 112 cm³/mol. The molecular formula is C20H18BrN3O5. The van der Waals surface area contributed by atoms with Crippen LogP contribution in [-0.2, 0) is 6.54 Å². The number of rotatable bonds is 8. The van der Waals surface area contributed by atoms with Gasteiger partial charge in [0, 0.05) is 22.2 Å². The van der Waals surface area contributed by atoms with E-state index in [2.05, 4.69) is 26.5 Å². The summed E-state index contributed by atoms with van der Waals surface area (Å²) in [6.45, 7) is 0.498. The molecular weight excluding hydrogens is 442 g/mol. The van der Waals surface area contributed by atoms with Crippen LogP contribution >= 0.6 is 15.9 Å². The Morgan fingerprint density at radius 1 is 1.14 bits per heavy atom. The Balaban J connectivity index is 1.63. The molecule has 0 amide bonds. The minimum atomic E-state index is -0.446. The number of hydrogen-bond donors (Lipinski definition) is 1. The lowest BCUT2D eigenvalue weighted by atomic mass is 10.1. The molecule has 0 bridgehead atoms. The van der Waals surface area contributed by atoms with Crippen LogP contribution in [-0.4, -0.2) is 25.4 Å². The van der Waals surface area contributed by atoms with Crippen LogP contribution in [0, 0.1) is 10.1 Å². The van der Waals surface area contributed by atoms with E-state index in [0.29, 0.717) is 39.6 Å². The summed E-state index contributed by atoms with van der Waals surface area (Å²) in [5.74, 6) is 2.44. The average molecular weight is 460 g/mol. The highest BCUT2D eigenvalue weighted by Gasteiger charge is 2.13. The van der Waals surface area contributed by atoms with Crippen LogP contribution in [0.25, 0.3) is 11.3 Å². The van der Waals surface area contributed by atoms with Crippen LogP contribution in [0.3, 0.4) is 0 Å². The van der Waals surface area contributed by atoms with E-state index in [4.69, 9.17) is 13.9 Å². The molecule has 0 aliphatic rings. The second kappa shape index (κ2) is 9.24. The molecule has 0 aliphatic heterocycles. The first-order valence-electron chi connectivity index (χ1n) is 8.53. The van der Waals surface area contributed by atoms with Crippen molar-refractivity contribution in [2.45, 2.75) is 6.54 Å². The topological polar surface area (TPSA) is 99.1 Å². The molecule has 0 saturated heterocycles. The molecule has 3 rings (SSSR count). The Morgan fingerprint density at radius 2 is 1.93 bits per heavy atom. The van der Waals surface area contributed by atoms with Crippen molar-refractivity contribution in [3.05, 3.63) is 74.4 Å². The summed E-state index contributed by atoms with van der Waals surface area (Å²) >= 11 is 3.34. The van der Waals surface area contributed by atoms with E-state index in [0.717, 1.165) is 5.56 Å². The minimum absolute atomic E-state index is 0.00771. The van der Waals surface area contributed by atoms with Crippen molar-refractivity contribution in [1.82, 2.24) is 5.43 Å². The normalized spacial score (nSPS) is 10.9. The second-order valence-corrected chi connectivity index (χ2v) is 6.76. The van der Waals surface area contributed by atoms with E-state index in [9.17, 15) is 10.1 Å². The zero-order valence-electron chi connectivity index (χ0n) is 15.7. The fourth-order valence-electron chi connectivity index (χ4n) is 2.62. The van der Waals surface area contributed by atoms with E-state index in [-0.39, 0.29) is 5.69 Å². The fourth-order valence-corrected chi connectivity index (χ4v) is 3.18. The number of non-ortho nitro benzene ring substituents is 1. The van der Waals surface area contributed by atoms with Gasteiger partial charge in [-0.15, -0.1) is 0 Å². The Morgan fingerprint density at radius 3 is 2.62 bits per heavy atom. The summed E-state index contributed by atoms with van der Waals surface area (Å²) in [4.78, 5) is 10.4.